The molecule has 0 saturated carbocycles. The van der Waals surface area contributed by atoms with Gasteiger partial charge < -0.3 is 15.4 Å². The second-order valence-corrected chi connectivity index (χ2v) is 6.58. The molecule has 0 saturated heterocycles. The molecule has 26 heavy (non-hydrogen) atoms. The van der Waals surface area contributed by atoms with Crippen molar-refractivity contribution in [3.05, 3.63) is 81.0 Å². The van der Waals surface area contributed by atoms with Crippen molar-refractivity contribution in [3.8, 4) is 0 Å². The van der Waals surface area contributed by atoms with Crippen molar-refractivity contribution in [3.63, 3.8) is 0 Å². The molecule has 1 atom stereocenters. The SMILES string of the molecule is CC1=C(C(=O)OCc2ccccc2)C(c2c(Cl)cccc2Cl)NC(=O)N1. The molecule has 3 rings (SSSR count). The van der Waals surface area contributed by atoms with Gasteiger partial charge in [-0.25, -0.2) is 9.59 Å². The number of urea groups is 1. The van der Waals surface area contributed by atoms with E-state index in [4.69, 9.17) is 27.9 Å². The van der Waals surface area contributed by atoms with Gasteiger partial charge >= 0.3 is 12.0 Å². The molecule has 1 unspecified atom stereocenters. The number of benzene rings is 2. The first kappa shape index (κ1) is 18.3. The molecule has 5 nitrogen and oxygen atoms in total. The minimum absolute atomic E-state index is 0.118. The van der Waals surface area contributed by atoms with Gasteiger partial charge in [0.15, 0.2) is 0 Å². The molecule has 1 heterocycles. The van der Waals surface area contributed by atoms with Crippen molar-refractivity contribution in [1.82, 2.24) is 10.6 Å². The number of halogens is 2. The van der Waals surface area contributed by atoms with Crippen LogP contribution < -0.4 is 10.6 Å². The summed E-state index contributed by atoms with van der Waals surface area (Å²) < 4.78 is 5.43. The molecule has 2 N–H and O–H groups in total. The number of hydrogen-bond donors (Lipinski definition) is 2. The summed E-state index contributed by atoms with van der Waals surface area (Å²) in [5.74, 6) is -0.556. The molecule has 0 aliphatic carbocycles. The molecule has 1 aliphatic rings. The van der Waals surface area contributed by atoms with Gasteiger partial charge in [-0.1, -0.05) is 59.6 Å². The van der Waals surface area contributed by atoms with Crippen LogP contribution in [0.4, 0.5) is 4.79 Å². The molecule has 2 aromatic rings. The van der Waals surface area contributed by atoms with Crippen LogP contribution in [0.15, 0.2) is 59.8 Å². The largest absolute Gasteiger partial charge is 0.457 e. The topological polar surface area (TPSA) is 67.4 Å². The van der Waals surface area contributed by atoms with E-state index in [-0.39, 0.29) is 12.2 Å². The molecule has 2 amide bonds. The van der Waals surface area contributed by atoms with Crippen LogP contribution in [0.2, 0.25) is 10.0 Å². The van der Waals surface area contributed by atoms with Gasteiger partial charge in [0, 0.05) is 21.3 Å². The minimum Gasteiger partial charge on any atom is -0.457 e. The predicted molar refractivity (Wildman–Crippen MR) is 99.8 cm³/mol. The number of carbonyl (C=O) groups excluding carboxylic acids is 2. The molecule has 0 radical (unpaired) electrons. The van der Waals surface area contributed by atoms with Crippen LogP contribution in [-0.2, 0) is 16.1 Å². The maximum absolute atomic E-state index is 12.7. The highest BCUT2D eigenvalue weighted by atomic mass is 35.5. The number of carbonyl (C=O) groups is 2. The highest BCUT2D eigenvalue weighted by Crippen LogP contribution is 2.36. The molecular weight excluding hydrogens is 375 g/mol. The maximum atomic E-state index is 12.7. The Morgan fingerprint density at radius 1 is 1.08 bits per heavy atom. The number of ether oxygens (including phenoxy) is 1. The van der Waals surface area contributed by atoms with E-state index in [2.05, 4.69) is 10.6 Å². The average molecular weight is 391 g/mol. The lowest BCUT2D eigenvalue weighted by Crippen LogP contribution is -2.45. The summed E-state index contributed by atoms with van der Waals surface area (Å²) in [5.41, 5.74) is 1.97. The summed E-state index contributed by atoms with van der Waals surface area (Å²) in [5, 5.41) is 5.99. The zero-order chi connectivity index (χ0) is 18.7. The Morgan fingerprint density at radius 2 is 1.73 bits per heavy atom. The van der Waals surface area contributed by atoms with E-state index in [1.165, 1.54) is 0 Å². The highest BCUT2D eigenvalue weighted by Gasteiger charge is 2.34. The van der Waals surface area contributed by atoms with Crippen molar-refractivity contribution in [1.29, 1.82) is 0 Å². The standard InChI is InChI=1S/C19H16Cl2N2O3/c1-11-15(18(24)26-10-12-6-3-2-4-7-12)17(23-19(25)22-11)16-13(20)8-5-9-14(16)21/h2-9,17H,10H2,1H3,(H2,22,23,25). The summed E-state index contributed by atoms with van der Waals surface area (Å²) in [6.45, 7) is 1.75. The fraction of sp³-hybridized carbons (Fsp3) is 0.158. The first-order valence-corrected chi connectivity index (χ1v) is 8.66. The zero-order valence-electron chi connectivity index (χ0n) is 13.9. The van der Waals surface area contributed by atoms with Crippen LogP contribution >= 0.6 is 23.2 Å². The number of esters is 1. The van der Waals surface area contributed by atoms with Crippen LogP contribution in [0.5, 0.6) is 0 Å². The smallest absolute Gasteiger partial charge is 0.338 e. The predicted octanol–water partition coefficient (Wildman–Crippen LogP) is 4.36. The summed E-state index contributed by atoms with van der Waals surface area (Å²) >= 11 is 12.5. The summed E-state index contributed by atoms with van der Waals surface area (Å²) in [6.07, 6.45) is 0. The fourth-order valence-corrected chi connectivity index (χ4v) is 3.38. The molecule has 0 aromatic heterocycles. The van der Waals surface area contributed by atoms with Gasteiger partial charge in [-0.15, -0.1) is 0 Å². The van der Waals surface area contributed by atoms with Crippen LogP contribution in [0.1, 0.15) is 24.1 Å². The van der Waals surface area contributed by atoms with Gasteiger partial charge in [0.25, 0.3) is 0 Å². The molecular formula is C19H16Cl2N2O3. The number of rotatable bonds is 4. The van der Waals surface area contributed by atoms with Crippen LogP contribution in [0.3, 0.4) is 0 Å². The van der Waals surface area contributed by atoms with Crippen molar-refractivity contribution in [2.45, 2.75) is 19.6 Å². The van der Waals surface area contributed by atoms with E-state index in [0.29, 0.717) is 21.3 Å². The van der Waals surface area contributed by atoms with Crippen LogP contribution in [0.25, 0.3) is 0 Å². The number of allylic oxidation sites excluding steroid dienone is 1. The third-order valence-electron chi connectivity index (χ3n) is 3.99. The molecule has 0 bridgehead atoms. The van der Waals surface area contributed by atoms with Crippen molar-refractivity contribution >= 4 is 35.2 Å². The van der Waals surface area contributed by atoms with Crippen molar-refractivity contribution < 1.29 is 14.3 Å². The number of nitrogens with one attached hydrogen (secondary N) is 2. The Morgan fingerprint density at radius 3 is 2.38 bits per heavy atom. The van der Waals surface area contributed by atoms with Gasteiger partial charge in [-0.05, 0) is 24.6 Å². The van der Waals surface area contributed by atoms with Crippen molar-refractivity contribution in [2.75, 3.05) is 0 Å². The summed E-state index contributed by atoms with van der Waals surface area (Å²) in [4.78, 5) is 24.7. The molecule has 7 heteroatoms. The average Bonchev–Trinajstić information content (AvgIpc) is 2.60. The minimum atomic E-state index is -0.798. The Labute approximate surface area is 160 Å². The van der Waals surface area contributed by atoms with Gasteiger partial charge in [0.05, 0.1) is 11.6 Å². The lowest BCUT2D eigenvalue weighted by Gasteiger charge is -2.29. The van der Waals surface area contributed by atoms with E-state index < -0.39 is 18.0 Å². The molecule has 1 aliphatic heterocycles. The molecule has 2 aromatic carbocycles. The van der Waals surface area contributed by atoms with Crippen LogP contribution in [0, 0.1) is 0 Å². The van der Waals surface area contributed by atoms with Gasteiger partial charge in [-0.3, -0.25) is 0 Å². The number of hydrogen-bond acceptors (Lipinski definition) is 3. The van der Waals surface area contributed by atoms with Gasteiger partial charge in [0.2, 0.25) is 0 Å². The summed E-state index contributed by atoms with van der Waals surface area (Å²) in [6, 6.07) is 13.1. The fourth-order valence-electron chi connectivity index (χ4n) is 2.77. The quantitative estimate of drug-likeness (QED) is 0.761. The van der Waals surface area contributed by atoms with E-state index in [1.54, 1.807) is 25.1 Å². The Bertz CT molecular complexity index is 861. The van der Waals surface area contributed by atoms with Crippen molar-refractivity contribution in [2.24, 2.45) is 0 Å². The van der Waals surface area contributed by atoms with E-state index in [0.717, 1.165) is 5.56 Å². The third-order valence-corrected chi connectivity index (χ3v) is 4.65. The van der Waals surface area contributed by atoms with Crippen LogP contribution in [-0.4, -0.2) is 12.0 Å². The van der Waals surface area contributed by atoms with Gasteiger partial charge in [0.1, 0.15) is 6.61 Å². The first-order valence-electron chi connectivity index (χ1n) is 7.90. The zero-order valence-corrected chi connectivity index (χ0v) is 15.4. The Kier molecular flexibility index (Phi) is 5.49. The Balaban J connectivity index is 1.92. The Hall–Kier alpha value is -2.50. The molecule has 0 fully saturated rings. The normalized spacial score (nSPS) is 16.7. The van der Waals surface area contributed by atoms with E-state index in [9.17, 15) is 9.59 Å². The molecule has 0 spiro atoms. The molecule has 134 valence electrons. The lowest BCUT2D eigenvalue weighted by molar-refractivity contribution is -0.140. The lowest BCUT2D eigenvalue weighted by atomic mass is 9.95. The van der Waals surface area contributed by atoms with E-state index in [1.807, 2.05) is 30.3 Å². The first-order chi connectivity index (χ1) is 12.5. The number of amides is 2. The van der Waals surface area contributed by atoms with E-state index >= 15 is 0 Å². The second-order valence-electron chi connectivity index (χ2n) is 5.77. The maximum Gasteiger partial charge on any atom is 0.338 e. The third kappa shape index (κ3) is 3.84. The highest BCUT2D eigenvalue weighted by molar-refractivity contribution is 6.36. The second kappa shape index (κ2) is 7.81. The monoisotopic (exact) mass is 390 g/mol. The van der Waals surface area contributed by atoms with Gasteiger partial charge in [-0.2, -0.15) is 0 Å². The summed E-state index contributed by atoms with van der Waals surface area (Å²) in [7, 11) is 0.